The summed E-state index contributed by atoms with van der Waals surface area (Å²) in [7, 11) is 0. The van der Waals surface area contributed by atoms with Crippen LogP contribution in [0.25, 0.3) is 0 Å². The molecule has 6 fully saturated rings. The first-order valence-corrected chi connectivity index (χ1v) is 33.9. The molecular weight excluding hydrogens is 1170 g/mol. The highest BCUT2D eigenvalue weighted by molar-refractivity contribution is 5.70. The van der Waals surface area contributed by atoms with Gasteiger partial charge in [-0.25, -0.2) is 0 Å². The van der Waals surface area contributed by atoms with E-state index < -0.39 is 178 Å². The van der Waals surface area contributed by atoms with Crippen LogP contribution in [-0.4, -0.2) is 230 Å². The Morgan fingerprint density at radius 1 is 0.427 bits per heavy atom. The Bertz CT molecular complexity index is 2010. The van der Waals surface area contributed by atoms with E-state index in [1.54, 1.807) is 6.92 Å². The Hall–Kier alpha value is -2.35. The molecule has 0 bridgehead atoms. The Balaban J connectivity index is 1.34. The van der Waals surface area contributed by atoms with E-state index in [0.717, 1.165) is 116 Å². The number of carbonyl (C=O) groups is 3. The van der Waals surface area contributed by atoms with Crippen LogP contribution in [0.3, 0.4) is 0 Å². The van der Waals surface area contributed by atoms with Crippen LogP contribution in [0, 0.1) is 0 Å². The molecule has 25 nitrogen and oxygen atoms in total. The van der Waals surface area contributed by atoms with Gasteiger partial charge in [0.25, 0.3) is 0 Å². The molecule has 518 valence electrons. The molecule has 6 heterocycles. The first-order chi connectivity index (χ1) is 42.7. The first-order valence-electron chi connectivity index (χ1n) is 33.9. The van der Waals surface area contributed by atoms with Crippen molar-refractivity contribution >= 4 is 17.9 Å². The number of unbranched alkanes of at least 4 members (excludes halogenated alkanes) is 12. The van der Waals surface area contributed by atoms with Gasteiger partial charge in [-0.05, 0) is 59.8 Å². The van der Waals surface area contributed by atoms with Crippen LogP contribution in [0.4, 0.5) is 0 Å². The molecule has 9 N–H and O–H groups in total. The average Bonchev–Trinajstić information content (AvgIpc) is 1.27. The summed E-state index contributed by atoms with van der Waals surface area (Å²) in [6, 6.07) is 0. The lowest BCUT2D eigenvalue weighted by Crippen LogP contribution is -2.68. The molecule has 26 atom stereocenters. The maximum absolute atomic E-state index is 14.3. The van der Waals surface area contributed by atoms with E-state index in [1.807, 2.05) is 0 Å². The van der Waals surface area contributed by atoms with Gasteiger partial charge < -0.3 is 108 Å². The summed E-state index contributed by atoms with van der Waals surface area (Å²) in [6.07, 6.45) is -19.3. The number of ether oxygens (including phenoxy) is 13. The lowest BCUT2D eigenvalue weighted by Gasteiger charge is -2.51. The second-order valence-corrected chi connectivity index (χ2v) is 25.6. The topological polar surface area (TPSA) is 353 Å². The van der Waals surface area contributed by atoms with Gasteiger partial charge in [-0.15, -0.1) is 0 Å². The molecule has 89 heavy (non-hydrogen) atoms. The minimum atomic E-state index is -2.01. The maximum Gasteiger partial charge on any atom is 0.306 e. The van der Waals surface area contributed by atoms with E-state index >= 15 is 0 Å². The summed E-state index contributed by atoms with van der Waals surface area (Å²) in [4.78, 5) is 41.2. The monoisotopic (exact) mass is 1280 g/mol. The van der Waals surface area contributed by atoms with E-state index in [-0.39, 0.29) is 25.4 Å². The molecule has 25 heteroatoms. The second kappa shape index (κ2) is 38.9. The first kappa shape index (κ1) is 75.7. The maximum atomic E-state index is 14.3. The number of hydrogen-bond donors (Lipinski definition) is 9. The van der Waals surface area contributed by atoms with Crippen LogP contribution in [0.1, 0.15) is 222 Å². The summed E-state index contributed by atoms with van der Waals surface area (Å²) >= 11 is 0. The molecule has 0 aromatic carbocycles. The van der Waals surface area contributed by atoms with E-state index in [0.29, 0.717) is 38.5 Å². The van der Waals surface area contributed by atoms with E-state index in [2.05, 4.69) is 20.8 Å². The zero-order chi connectivity index (χ0) is 64.7. The number of fused-ring (bicyclic) bond motifs is 2. The van der Waals surface area contributed by atoms with Crippen LogP contribution in [0.5, 0.6) is 0 Å². The summed E-state index contributed by atoms with van der Waals surface area (Å²) in [5, 5.41) is 103. The highest BCUT2D eigenvalue weighted by atomic mass is 16.8. The predicted octanol–water partition coefficient (Wildman–Crippen LogP) is 4.84. The van der Waals surface area contributed by atoms with Crippen LogP contribution in [0.15, 0.2) is 0 Å². The van der Waals surface area contributed by atoms with Gasteiger partial charge >= 0.3 is 17.9 Å². The van der Waals surface area contributed by atoms with Gasteiger partial charge in [-0.3, -0.25) is 14.4 Å². The molecule has 0 radical (unpaired) electrons. The largest absolute Gasteiger partial charge is 0.457 e. The molecule has 26 unspecified atom stereocenters. The van der Waals surface area contributed by atoms with Gasteiger partial charge in [-0.2, -0.15) is 0 Å². The zero-order valence-corrected chi connectivity index (χ0v) is 53.9. The summed E-state index contributed by atoms with van der Waals surface area (Å²) in [5.41, 5.74) is 0. The summed E-state index contributed by atoms with van der Waals surface area (Å²) in [5.74, 6) is -2.08. The SMILES string of the molecule is CCCCCCCCCC(=O)OC1C(OC2C(C)OC3OC4C(OC(CCCCC)CCCCCCCCCC(=O)OC3C2O)OC(C)C(O)C4O)OC(C)C(OC2OC(C)C(OC(=O)CCCCCCC)C(O)C2O)C1OC1OC(CO)C(O)C(O)C1O. The van der Waals surface area contributed by atoms with Gasteiger partial charge in [0.2, 0.25) is 0 Å². The van der Waals surface area contributed by atoms with E-state index in [1.165, 1.54) is 20.8 Å². The molecule has 0 amide bonds. The number of carbonyl (C=O) groups excluding carboxylic acids is 3. The quantitative estimate of drug-likeness (QED) is 0.0302. The molecule has 0 saturated carbocycles. The van der Waals surface area contributed by atoms with Gasteiger partial charge in [0.1, 0.15) is 79.4 Å². The van der Waals surface area contributed by atoms with Crippen molar-refractivity contribution in [2.75, 3.05) is 6.61 Å². The highest BCUT2D eigenvalue weighted by Gasteiger charge is 2.59. The third-order valence-electron chi connectivity index (χ3n) is 18.2. The number of esters is 3. The molecule has 6 rings (SSSR count). The van der Waals surface area contributed by atoms with Crippen molar-refractivity contribution in [3.63, 3.8) is 0 Å². The molecule has 6 saturated heterocycles. The number of aliphatic hydroxyl groups excluding tert-OH is 9. The Morgan fingerprint density at radius 2 is 0.921 bits per heavy atom. The van der Waals surface area contributed by atoms with Gasteiger partial charge in [0.15, 0.2) is 49.8 Å². The van der Waals surface area contributed by atoms with Crippen molar-refractivity contribution < 1.29 is 122 Å². The van der Waals surface area contributed by atoms with Crippen LogP contribution in [0.2, 0.25) is 0 Å². The highest BCUT2D eigenvalue weighted by Crippen LogP contribution is 2.39. The predicted molar refractivity (Wildman–Crippen MR) is 317 cm³/mol. The fourth-order valence-corrected chi connectivity index (χ4v) is 12.7. The van der Waals surface area contributed by atoms with Crippen LogP contribution >= 0.6 is 0 Å². The van der Waals surface area contributed by atoms with E-state index in [4.69, 9.17) is 61.6 Å². The molecule has 0 aliphatic carbocycles. The lowest BCUT2D eigenvalue weighted by atomic mass is 9.95. The van der Waals surface area contributed by atoms with Crippen molar-refractivity contribution in [3.05, 3.63) is 0 Å². The van der Waals surface area contributed by atoms with Crippen LogP contribution < -0.4 is 0 Å². The zero-order valence-electron chi connectivity index (χ0n) is 53.9. The third kappa shape index (κ3) is 22.1. The van der Waals surface area contributed by atoms with Gasteiger partial charge in [0.05, 0.1) is 37.1 Å². The Morgan fingerprint density at radius 3 is 1.56 bits per heavy atom. The number of hydrogen-bond acceptors (Lipinski definition) is 25. The fourth-order valence-electron chi connectivity index (χ4n) is 12.7. The number of aliphatic hydroxyl groups is 9. The number of rotatable bonds is 27. The van der Waals surface area contributed by atoms with E-state index in [9.17, 15) is 60.3 Å². The van der Waals surface area contributed by atoms with Crippen molar-refractivity contribution in [2.24, 2.45) is 0 Å². The molecule has 0 spiro atoms. The lowest BCUT2D eigenvalue weighted by molar-refractivity contribution is -0.400. The second-order valence-electron chi connectivity index (χ2n) is 25.6. The minimum absolute atomic E-state index is 0.0355. The summed E-state index contributed by atoms with van der Waals surface area (Å²) in [6.45, 7) is 11.6. The molecule has 0 aromatic heterocycles. The summed E-state index contributed by atoms with van der Waals surface area (Å²) < 4.78 is 82.2. The molecule has 0 aromatic rings. The smallest absolute Gasteiger partial charge is 0.306 e. The van der Waals surface area contributed by atoms with Crippen molar-refractivity contribution in [3.8, 4) is 0 Å². The van der Waals surface area contributed by atoms with Gasteiger partial charge in [0, 0.05) is 19.3 Å². The molecule has 6 aliphatic rings. The third-order valence-corrected chi connectivity index (χ3v) is 18.2. The average molecular weight is 1280 g/mol. The molecular formula is C64H112O25. The fraction of sp³-hybridized carbons (Fsp3) is 0.953. The van der Waals surface area contributed by atoms with Crippen LogP contribution in [-0.2, 0) is 76.0 Å². The Labute approximate surface area is 526 Å². The minimum Gasteiger partial charge on any atom is -0.457 e. The van der Waals surface area contributed by atoms with Crippen molar-refractivity contribution in [1.29, 1.82) is 0 Å². The van der Waals surface area contributed by atoms with Crippen molar-refractivity contribution in [2.45, 2.75) is 381 Å². The normalized spacial score (nSPS) is 40.6. The van der Waals surface area contributed by atoms with Crippen molar-refractivity contribution in [1.82, 2.24) is 0 Å². The standard InChI is InChI=1S/C64H112O25/c1-8-11-14-16-18-23-29-34-44(68)85-59-58(89-61-50(74)47(71)46(70)41(35-65)82-61)55(87-60-51(75)49(73)53(37(5)78-60)83-42(66)32-27-21-15-12-9-2)39(7)80-64(59)86-54-38(6)79-63-57(52(54)76)84-43(67)33-28-24-20-17-19-22-26-31-40(30-25-13-10-3)81-62-56(88-63)48(72)45(69)36(4)77-62/h36-41,45-65,69-76H,8-35H2,1-7H3. The van der Waals surface area contributed by atoms with Gasteiger partial charge in [-0.1, -0.05) is 143 Å². The molecule has 6 aliphatic heterocycles. The Kier molecular flexibility index (Phi) is 33.1.